The zero-order valence-electron chi connectivity index (χ0n) is 17.0. The van der Waals surface area contributed by atoms with Gasteiger partial charge in [0.05, 0.1) is 6.42 Å². The Morgan fingerprint density at radius 3 is 2.61 bits per heavy atom. The van der Waals surface area contributed by atoms with Gasteiger partial charge in [-0.1, -0.05) is 41.7 Å². The van der Waals surface area contributed by atoms with Gasteiger partial charge in [-0.15, -0.1) is 10.2 Å². The molecule has 0 bridgehead atoms. The zero-order chi connectivity index (χ0) is 22.2. The van der Waals surface area contributed by atoms with E-state index in [4.69, 9.17) is 12.2 Å². The Bertz CT molecular complexity index is 949. The van der Waals surface area contributed by atoms with Crippen molar-refractivity contribution in [3.8, 4) is 0 Å². The summed E-state index contributed by atoms with van der Waals surface area (Å²) in [5, 5.41) is 14.8. The van der Waals surface area contributed by atoms with Crippen LogP contribution in [0.25, 0.3) is 0 Å². The maximum Gasteiger partial charge on any atom is 0.238 e. The number of nitrogens with one attached hydrogen (secondary N) is 4. The zero-order valence-corrected chi connectivity index (χ0v) is 18.6. The molecule has 2 aromatic rings. The first kappa shape index (κ1) is 22.8. The smallest absolute Gasteiger partial charge is 0.238 e. The summed E-state index contributed by atoms with van der Waals surface area (Å²) in [6.45, 7) is 1.43. The SMILES string of the molecule is CC(=O)Nc1nnc([C@H]2CCC(CC(=O)NNC(=S)NC(=O)Cc3ccccc3)C2)s1. The van der Waals surface area contributed by atoms with Crippen molar-refractivity contribution in [3.05, 3.63) is 40.9 Å². The minimum Gasteiger partial charge on any atom is -0.302 e. The van der Waals surface area contributed by atoms with Gasteiger partial charge in [0.2, 0.25) is 22.9 Å². The molecule has 2 atom stereocenters. The third-order valence-corrected chi connectivity index (χ3v) is 6.07. The summed E-state index contributed by atoms with van der Waals surface area (Å²) in [5.41, 5.74) is 6.00. The molecule has 1 aliphatic carbocycles. The Hall–Kier alpha value is -2.92. The van der Waals surface area contributed by atoms with Crippen LogP contribution in [0.15, 0.2) is 30.3 Å². The third-order valence-electron chi connectivity index (χ3n) is 4.86. The first-order valence-electron chi connectivity index (χ1n) is 9.92. The highest BCUT2D eigenvalue weighted by Gasteiger charge is 2.30. The Morgan fingerprint density at radius 2 is 1.87 bits per heavy atom. The maximum atomic E-state index is 12.2. The number of carbonyl (C=O) groups excluding carboxylic acids is 3. The van der Waals surface area contributed by atoms with Crippen LogP contribution in [0.1, 0.15) is 49.1 Å². The summed E-state index contributed by atoms with van der Waals surface area (Å²) < 4.78 is 0. The minimum absolute atomic E-state index is 0.0536. The fourth-order valence-corrected chi connectivity index (χ4v) is 4.61. The van der Waals surface area contributed by atoms with Crippen LogP contribution in [-0.2, 0) is 20.8 Å². The molecule has 1 heterocycles. The van der Waals surface area contributed by atoms with Crippen molar-refractivity contribution in [1.82, 2.24) is 26.4 Å². The molecule has 0 spiro atoms. The fourth-order valence-electron chi connectivity index (χ4n) is 3.51. The van der Waals surface area contributed by atoms with Gasteiger partial charge in [-0.25, -0.2) is 0 Å². The van der Waals surface area contributed by atoms with Crippen LogP contribution in [0.3, 0.4) is 0 Å². The number of anilines is 1. The second-order valence-electron chi connectivity index (χ2n) is 7.42. The van der Waals surface area contributed by atoms with Crippen molar-refractivity contribution in [3.63, 3.8) is 0 Å². The molecule has 1 saturated carbocycles. The first-order valence-corrected chi connectivity index (χ1v) is 11.1. The maximum absolute atomic E-state index is 12.2. The number of hydrazine groups is 1. The molecule has 3 rings (SSSR count). The van der Waals surface area contributed by atoms with Gasteiger partial charge in [0.1, 0.15) is 5.01 Å². The number of hydrogen-bond donors (Lipinski definition) is 4. The average molecular weight is 461 g/mol. The number of rotatable bonds is 6. The van der Waals surface area contributed by atoms with E-state index in [2.05, 4.69) is 31.7 Å². The van der Waals surface area contributed by atoms with Crippen LogP contribution in [0.4, 0.5) is 5.13 Å². The lowest BCUT2D eigenvalue weighted by Crippen LogP contribution is -2.49. The Morgan fingerprint density at radius 1 is 1.10 bits per heavy atom. The molecular formula is C20H24N6O3S2. The van der Waals surface area contributed by atoms with Gasteiger partial charge in [-0.05, 0) is 43.0 Å². The number of thiocarbonyl (C=S) groups is 1. The average Bonchev–Trinajstić information content (AvgIpc) is 3.36. The normalized spacial score (nSPS) is 17.6. The van der Waals surface area contributed by atoms with Crippen molar-refractivity contribution >= 4 is 51.5 Å². The van der Waals surface area contributed by atoms with Crippen LogP contribution in [0, 0.1) is 5.92 Å². The minimum atomic E-state index is -0.257. The molecule has 31 heavy (non-hydrogen) atoms. The lowest BCUT2D eigenvalue weighted by Gasteiger charge is -2.13. The number of hydrogen-bond acceptors (Lipinski definition) is 7. The largest absolute Gasteiger partial charge is 0.302 e. The second kappa shape index (κ2) is 10.9. The van der Waals surface area contributed by atoms with Crippen molar-refractivity contribution in [2.45, 2.75) is 44.9 Å². The molecular weight excluding hydrogens is 436 g/mol. The summed E-state index contributed by atoms with van der Waals surface area (Å²) in [5.74, 6) is -0.163. The van der Waals surface area contributed by atoms with Gasteiger partial charge in [0.25, 0.3) is 0 Å². The molecule has 1 fully saturated rings. The molecule has 4 N–H and O–H groups in total. The van der Waals surface area contributed by atoms with Crippen LogP contribution in [-0.4, -0.2) is 33.0 Å². The van der Waals surface area contributed by atoms with Gasteiger partial charge in [-0.3, -0.25) is 25.2 Å². The molecule has 9 nitrogen and oxygen atoms in total. The molecule has 1 aromatic heterocycles. The lowest BCUT2D eigenvalue weighted by atomic mass is 10.0. The van der Waals surface area contributed by atoms with E-state index in [0.717, 1.165) is 29.8 Å². The van der Waals surface area contributed by atoms with Gasteiger partial charge in [-0.2, -0.15) is 0 Å². The Kier molecular flexibility index (Phi) is 8.01. The predicted octanol–water partition coefficient (Wildman–Crippen LogP) is 2.03. The number of nitrogens with zero attached hydrogens (tertiary/aromatic N) is 2. The molecule has 0 saturated heterocycles. The topological polar surface area (TPSA) is 125 Å². The predicted molar refractivity (Wildman–Crippen MR) is 121 cm³/mol. The molecule has 11 heteroatoms. The molecule has 1 aliphatic rings. The highest BCUT2D eigenvalue weighted by molar-refractivity contribution is 7.80. The number of aromatic nitrogens is 2. The summed E-state index contributed by atoms with van der Waals surface area (Å²) in [7, 11) is 0. The molecule has 1 aromatic carbocycles. The highest BCUT2D eigenvalue weighted by atomic mass is 32.1. The van der Waals surface area contributed by atoms with Crippen molar-refractivity contribution in [2.24, 2.45) is 5.92 Å². The van der Waals surface area contributed by atoms with Crippen LogP contribution in [0.2, 0.25) is 0 Å². The molecule has 0 radical (unpaired) electrons. The number of amides is 3. The molecule has 164 valence electrons. The van der Waals surface area contributed by atoms with Crippen LogP contribution >= 0.6 is 23.6 Å². The van der Waals surface area contributed by atoms with Gasteiger partial charge < -0.3 is 10.6 Å². The van der Waals surface area contributed by atoms with Crippen LogP contribution in [0.5, 0.6) is 0 Å². The number of benzene rings is 1. The second-order valence-corrected chi connectivity index (χ2v) is 8.84. The quantitative estimate of drug-likeness (QED) is 0.384. The van der Waals surface area contributed by atoms with Crippen molar-refractivity contribution in [1.29, 1.82) is 0 Å². The van der Waals surface area contributed by atoms with Gasteiger partial charge >= 0.3 is 0 Å². The summed E-state index contributed by atoms with van der Waals surface area (Å²) >= 11 is 6.44. The van der Waals surface area contributed by atoms with E-state index in [-0.39, 0.29) is 41.1 Å². The van der Waals surface area contributed by atoms with E-state index in [0.29, 0.717) is 11.6 Å². The van der Waals surface area contributed by atoms with E-state index in [9.17, 15) is 14.4 Å². The van der Waals surface area contributed by atoms with Crippen LogP contribution < -0.4 is 21.5 Å². The van der Waals surface area contributed by atoms with E-state index < -0.39 is 0 Å². The first-order chi connectivity index (χ1) is 14.9. The monoisotopic (exact) mass is 460 g/mol. The Labute approximate surface area is 189 Å². The molecule has 1 unspecified atom stereocenters. The van der Waals surface area contributed by atoms with Crippen molar-refractivity contribution < 1.29 is 14.4 Å². The van der Waals surface area contributed by atoms with Gasteiger partial charge in [0, 0.05) is 19.3 Å². The van der Waals surface area contributed by atoms with E-state index in [1.54, 1.807) is 0 Å². The Balaban J connectivity index is 1.36. The number of carbonyl (C=O) groups is 3. The summed E-state index contributed by atoms with van der Waals surface area (Å²) in [6.07, 6.45) is 3.22. The summed E-state index contributed by atoms with van der Waals surface area (Å²) in [4.78, 5) is 35.3. The van der Waals surface area contributed by atoms with Crippen molar-refractivity contribution in [2.75, 3.05) is 5.32 Å². The summed E-state index contributed by atoms with van der Waals surface area (Å²) in [6, 6.07) is 9.32. The van der Waals surface area contributed by atoms with E-state index in [1.807, 2.05) is 30.3 Å². The lowest BCUT2D eigenvalue weighted by molar-refractivity contribution is -0.123. The van der Waals surface area contributed by atoms with E-state index in [1.165, 1.54) is 18.3 Å². The molecule has 3 amide bonds. The highest BCUT2D eigenvalue weighted by Crippen LogP contribution is 2.41. The molecule has 0 aliphatic heterocycles. The standard InChI is InChI=1S/C20H24N6O3S2/c1-12(27)21-20-26-24-18(31-20)15-8-7-14(9-15)11-17(29)23-25-19(30)22-16(28)10-13-5-3-2-4-6-13/h2-6,14-15H,7-11H2,1H3,(H,23,29)(H,21,26,27)(H2,22,25,28,30)/t14?,15-/m0/s1. The third kappa shape index (κ3) is 7.37. The fraction of sp³-hybridized carbons (Fsp3) is 0.400. The van der Waals surface area contributed by atoms with E-state index >= 15 is 0 Å². The van der Waals surface area contributed by atoms with Gasteiger partial charge in [0.15, 0.2) is 5.11 Å².